The fraction of sp³-hybridized carbons (Fsp3) is 0.803. The van der Waals surface area contributed by atoms with Gasteiger partial charge in [-0.2, -0.15) is 0 Å². The molecule has 6 nitrogen and oxygen atoms in total. The van der Waals surface area contributed by atoms with E-state index in [9.17, 15) is 14.4 Å². The Hall–Kier alpha value is -2.89. The summed E-state index contributed by atoms with van der Waals surface area (Å²) in [4.78, 5) is 38.2. The highest BCUT2D eigenvalue weighted by atomic mass is 16.6. The van der Waals surface area contributed by atoms with Gasteiger partial charge in [0.25, 0.3) is 0 Å². The molecule has 0 aromatic rings. The van der Waals surface area contributed by atoms with Crippen LogP contribution in [0.2, 0.25) is 0 Å². The highest BCUT2D eigenvalue weighted by Gasteiger charge is 2.19. The molecule has 1 unspecified atom stereocenters. The molecule has 418 valence electrons. The summed E-state index contributed by atoms with van der Waals surface area (Å²) in [6, 6.07) is 0. The third kappa shape index (κ3) is 58.0. The van der Waals surface area contributed by atoms with Crippen molar-refractivity contribution in [1.82, 2.24) is 0 Å². The second kappa shape index (κ2) is 60.7. The first kappa shape index (κ1) is 69.1. The van der Waals surface area contributed by atoms with Crippen molar-refractivity contribution in [2.45, 2.75) is 329 Å². The van der Waals surface area contributed by atoms with E-state index in [0.29, 0.717) is 19.3 Å². The van der Waals surface area contributed by atoms with Crippen LogP contribution in [0, 0.1) is 0 Å². The highest BCUT2D eigenvalue weighted by Crippen LogP contribution is 2.17. The molecule has 0 fully saturated rings. The normalized spacial score (nSPS) is 12.4. The van der Waals surface area contributed by atoms with Crippen LogP contribution in [0.5, 0.6) is 0 Å². The SMILES string of the molecule is CC/C=C\C/C=C\C/C=C\C/C=C\C/C=C\CCCCCCCCCCCCCC(=O)OCC(COC(=O)CCCCCCCCCCCCC)OC(=O)CCCCCCCCCCCCCCCCCC. The zero-order valence-corrected chi connectivity index (χ0v) is 47.9. The number of hydrogen-bond acceptors (Lipinski definition) is 6. The number of rotatable bonds is 57. The molecule has 0 spiro atoms. The lowest BCUT2D eigenvalue weighted by molar-refractivity contribution is -0.167. The van der Waals surface area contributed by atoms with Gasteiger partial charge in [-0.3, -0.25) is 14.4 Å². The summed E-state index contributed by atoms with van der Waals surface area (Å²) in [5, 5.41) is 0. The van der Waals surface area contributed by atoms with Crippen LogP contribution in [0.15, 0.2) is 60.8 Å². The van der Waals surface area contributed by atoms with Crippen molar-refractivity contribution >= 4 is 17.9 Å². The molecule has 0 aliphatic carbocycles. The number of carbonyl (C=O) groups excluding carboxylic acids is 3. The van der Waals surface area contributed by atoms with Gasteiger partial charge in [0.2, 0.25) is 0 Å². The number of carbonyl (C=O) groups is 3. The minimum absolute atomic E-state index is 0.0695. The standard InChI is InChI=1S/C66H118O6/c1-4-7-10-13-16-19-22-24-26-28-29-30-31-32-33-34-35-36-37-38-40-41-44-47-50-53-56-59-65(68)71-62-63(61-70-64(67)58-55-52-49-46-43-21-18-15-12-9-6-3)72-66(69)60-57-54-51-48-45-42-39-27-25-23-20-17-14-11-8-5-2/h7,10,16,19,24,26,29-30,32-33,63H,4-6,8-9,11-15,17-18,20-23,25,27-28,31,34-62H2,1-3H3/b10-7-,19-16-,26-24-,30-29-,33-32-. The number of allylic oxidation sites excluding steroid dienone is 10. The summed E-state index contributed by atoms with van der Waals surface area (Å²) in [7, 11) is 0. The van der Waals surface area contributed by atoms with Crippen LogP contribution in [0.1, 0.15) is 323 Å². The van der Waals surface area contributed by atoms with Crippen molar-refractivity contribution in [3.63, 3.8) is 0 Å². The topological polar surface area (TPSA) is 78.9 Å². The van der Waals surface area contributed by atoms with E-state index in [4.69, 9.17) is 14.2 Å². The zero-order valence-electron chi connectivity index (χ0n) is 47.9. The molecule has 0 bridgehead atoms. The lowest BCUT2D eigenvalue weighted by Gasteiger charge is -2.18. The largest absolute Gasteiger partial charge is 0.462 e. The molecule has 0 radical (unpaired) electrons. The summed E-state index contributed by atoms with van der Waals surface area (Å²) < 4.78 is 16.9. The maximum Gasteiger partial charge on any atom is 0.306 e. The summed E-state index contributed by atoms with van der Waals surface area (Å²) >= 11 is 0. The van der Waals surface area contributed by atoms with Gasteiger partial charge in [-0.1, -0.05) is 300 Å². The van der Waals surface area contributed by atoms with Crippen LogP contribution < -0.4 is 0 Å². The van der Waals surface area contributed by atoms with Gasteiger partial charge in [0.05, 0.1) is 0 Å². The molecular formula is C66H118O6. The molecule has 0 aliphatic heterocycles. The summed E-state index contributed by atoms with van der Waals surface area (Å²) in [5.41, 5.74) is 0. The minimum Gasteiger partial charge on any atom is -0.462 e. The quantitative estimate of drug-likeness (QED) is 0.0261. The maximum atomic E-state index is 12.9. The van der Waals surface area contributed by atoms with Crippen LogP contribution in [0.25, 0.3) is 0 Å². The summed E-state index contributed by atoms with van der Waals surface area (Å²) in [6.45, 7) is 6.56. The Morgan fingerprint density at radius 3 is 0.847 bits per heavy atom. The average molecular weight is 1010 g/mol. The van der Waals surface area contributed by atoms with E-state index >= 15 is 0 Å². The van der Waals surface area contributed by atoms with Gasteiger partial charge in [0.15, 0.2) is 6.10 Å². The first-order valence-corrected chi connectivity index (χ1v) is 31.3. The van der Waals surface area contributed by atoms with Gasteiger partial charge in [-0.25, -0.2) is 0 Å². The molecule has 0 saturated heterocycles. The smallest absolute Gasteiger partial charge is 0.306 e. The molecule has 72 heavy (non-hydrogen) atoms. The van der Waals surface area contributed by atoms with E-state index in [0.717, 1.165) is 89.9 Å². The predicted molar refractivity (Wildman–Crippen MR) is 312 cm³/mol. The zero-order chi connectivity index (χ0) is 52.2. The molecule has 0 aliphatic rings. The molecule has 0 rings (SSSR count). The van der Waals surface area contributed by atoms with Crippen molar-refractivity contribution in [1.29, 1.82) is 0 Å². The van der Waals surface area contributed by atoms with E-state index in [1.54, 1.807) is 0 Å². The Bertz CT molecular complexity index is 1290. The van der Waals surface area contributed by atoms with Crippen molar-refractivity contribution < 1.29 is 28.6 Å². The van der Waals surface area contributed by atoms with Crippen LogP contribution in [0.4, 0.5) is 0 Å². The van der Waals surface area contributed by atoms with Crippen molar-refractivity contribution in [3.8, 4) is 0 Å². The lowest BCUT2D eigenvalue weighted by atomic mass is 10.0. The number of hydrogen-bond donors (Lipinski definition) is 0. The molecule has 6 heteroatoms. The van der Waals surface area contributed by atoms with Gasteiger partial charge in [0, 0.05) is 19.3 Å². The van der Waals surface area contributed by atoms with Crippen LogP contribution in [-0.2, 0) is 28.6 Å². The molecule has 0 amide bonds. The van der Waals surface area contributed by atoms with Gasteiger partial charge < -0.3 is 14.2 Å². The Morgan fingerprint density at radius 2 is 0.542 bits per heavy atom. The highest BCUT2D eigenvalue weighted by molar-refractivity contribution is 5.71. The van der Waals surface area contributed by atoms with Gasteiger partial charge in [-0.15, -0.1) is 0 Å². The predicted octanol–water partition coefficient (Wildman–Crippen LogP) is 21.2. The molecular weight excluding hydrogens is 889 g/mol. The number of ether oxygens (including phenoxy) is 3. The minimum atomic E-state index is -0.771. The Labute approximate surface area is 447 Å². The monoisotopic (exact) mass is 1010 g/mol. The number of unbranched alkanes of at least 4 members (excludes halogenated alkanes) is 36. The van der Waals surface area contributed by atoms with Crippen molar-refractivity contribution in [3.05, 3.63) is 60.8 Å². The van der Waals surface area contributed by atoms with Crippen molar-refractivity contribution in [2.24, 2.45) is 0 Å². The maximum absolute atomic E-state index is 12.9. The lowest BCUT2D eigenvalue weighted by Crippen LogP contribution is -2.30. The molecule has 0 aromatic heterocycles. The van der Waals surface area contributed by atoms with Gasteiger partial charge >= 0.3 is 17.9 Å². The molecule has 0 saturated carbocycles. The second-order valence-corrected chi connectivity index (χ2v) is 21.0. The van der Waals surface area contributed by atoms with E-state index in [1.807, 2.05) is 0 Å². The first-order valence-electron chi connectivity index (χ1n) is 31.3. The second-order valence-electron chi connectivity index (χ2n) is 21.0. The fourth-order valence-electron chi connectivity index (χ4n) is 9.12. The molecule has 0 heterocycles. The van der Waals surface area contributed by atoms with Gasteiger partial charge in [-0.05, 0) is 64.2 Å². The summed E-state index contributed by atoms with van der Waals surface area (Å²) in [6.07, 6.45) is 76.5. The fourth-order valence-corrected chi connectivity index (χ4v) is 9.12. The number of esters is 3. The van der Waals surface area contributed by atoms with Gasteiger partial charge in [0.1, 0.15) is 13.2 Å². The van der Waals surface area contributed by atoms with Crippen molar-refractivity contribution in [2.75, 3.05) is 13.2 Å². The van der Waals surface area contributed by atoms with E-state index < -0.39 is 6.10 Å². The van der Waals surface area contributed by atoms with E-state index in [2.05, 4.69) is 81.5 Å². The first-order chi connectivity index (χ1) is 35.5. The molecule has 1 atom stereocenters. The van der Waals surface area contributed by atoms with Crippen LogP contribution >= 0.6 is 0 Å². The third-order valence-electron chi connectivity index (χ3n) is 13.8. The van der Waals surface area contributed by atoms with E-state index in [1.165, 1.54) is 193 Å². The molecule has 0 N–H and O–H groups in total. The average Bonchev–Trinajstić information content (AvgIpc) is 3.38. The summed E-state index contributed by atoms with van der Waals surface area (Å²) in [5.74, 6) is -0.855. The third-order valence-corrected chi connectivity index (χ3v) is 13.8. The molecule has 0 aromatic carbocycles. The van der Waals surface area contributed by atoms with Crippen LogP contribution in [0.3, 0.4) is 0 Å². The Kier molecular flexibility index (Phi) is 58.2. The van der Waals surface area contributed by atoms with Crippen LogP contribution in [-0.4, -0.2) is 37.2 Å². The Morgan fingerprint density at radius 1 is 0.292 bits per heavy atom. The Balaban J connectivity index is 4.22. The van der Waals surface area contributed by atoms with E-state index in [-0.39, 0.29) is 31.1 Å².